The average Bonchev–Trinajstić information content (AvgIpc) is 2.75. The molecule has 4 nitrogen and oxygen atoms in total. The smallest absolute Gasteiger partial charge is 0.240 e. The third-order valence-electron chi connectivity index (χ3n) is 3.25. The number of carbonyl (C=O) groups is 2. The molecule has 0 aromatic heterocycles. The van der Waals surface area contributed by atoms with Gasteiger partial charge in [-0.25, -0.2) is 4.39 Å². The van der Waals surface area contributed by atoms with Gasteiger partial charge < -0.3 is 10.2 Å². The lowest BCUT2D eigenvalue weighted by Gasteiger charge is -2.18. The van der Waals surface area contributed by atoms with E-state index in [-0.39, 0.29) is 30.2 Å². The van der Waals surface area contributed by atoms with Crippen molar-refractivity contribution >= 4 is 11.8 Å². The molecule has 0 bridgehead atoms. The quantitative estimate of drug-likeness (QED) is 0.898. The van der Waals surface area contributed by atoms with Crippen LogP contribution >= 0.6 is 0 Å². The van der Waals surface area contributed by atoms with Gasteiger partial charge >= 0.3 is 0 Å². The highest BCUT2D eigenvalue weighted by molar-refractivity contribution is 5.86. The minimum Gasteiger partial charge on any atom is -0.348 e. The molecule has 1 saturated heterocycles. The minimum atomic E-state index is -0.301. The fraction of sp³-hybridized carbons (Fsp3) is 0.429. The monoisotopic (exact) mass is 264 g/mol. The number of likely N-dealkylation sites (tertiary alicyclic amines) is 1. The van der Waals surface area contributed by atoms with Crippen LogP contribution in [0.15, 0.2) is 24.3 Å². The van der Waals surface area contributed by atoms with Gasteiger partial charge in [-0.2, -0.15) is 0 Å². The Kier molecular flexibility index (Phi) is 4.14. The Morgan fingerprint density at radius 2 is 2.11 bits per heavy atom. The van der Waals surface area contributed by atoms with Crippen LogP contribution in [-0.4, -0.2) is 29.8 Å². The molecule has 19 heavy (non-hydrogen) atoms. The van der Waals surface area contributed by atoms with Gasteiger partial charge in [0.25, 0.3) is 0 Å². The second-order valence-electron chi connectivity index (χ2n) is 4.76. The number of halogens is 1. The third kappa shape index (κ3) is 3.53. The maximum absolute atomic E-state index is 12.8. The zero-order valence-corrected chi connectivity index (χ0v) is 10.9. The molecular formula is C14H17FN2O2. The number of nitrogens with one attached hydrogen (secondary N) is 1. The lowest BCUT2D eigenvalue weighted by molar-refractivity contribution is -0.133. The Labute approximate surface area is 111 Å². The molecule has 102 valence electrons. The largest absolute Gasteiger partial charge is 0.348 e. The van der Waals surface area contributed by atoms with Crippen LogP contribution in [-0.2, 0) is 9.59 Å². The second kappa shape index (κ2) is 5.82. The van der Waals surface area contributed by atoms with E-state index in [0.29, 0.717) is 13.0 Å². The van der Waals surface area contributed by atoms with Gasteiger partial charge in [0.1, 0.15) is 5.82 Å². The fourth-order valence-corrected chi connectivity index (χ4v) is 2.17. The molecular weight excluding hydrogens is 247 g/mol. The summed E-state index contributed by atoms with van der Waals surface area (Å²) >= 11 is 0. The summed E-state index contributed by atoms with van der Waals surface area (Å²) in [5.74, 6) is -0.457. The number of benzene rings is 1. The van der Waals surface area contributed by atoms with E-state index in [1.165, 1.54) is 12.1 Å². The molecule has 1 atom stereocenters. The van der Waals surface area contributed by atoms with Gasteiger partial charge in [-0.1, -0.05) is 12.1 Å². The normalized spacial score (nSPS) is 16.5. The number of hydrogen-bond donors (Lipinski definition) is 1. The first-order valence-corrected chi connectivity index (χ1v) is 6.39. The van der Waals surface area contributed by atoms with Crippen LogP contribution in [0.25, 0.3) is 0 Å². The molecule has 1 aliphatic rings. The minimum absolute atomic E-state index is 0.0320. The second-order valence-corrected chi connectivity index (χ2v) is 4.76. The SMILES string of the molecule is C[C@H](NC(=O)CN1CCCC1=O)c1ccc(F)cc1. The predicted octanol–water partition coefficient (Wildman–Crippen LogP) is 1.63. The lowest BCUT2D eigenvalue weighted by atomic mass is 10.1. The van der Waals surface area contributed by atoms with Gasteiger partial charge in [0.2, 0.25) is 11.8 Å². The van der Waals surface area contributed by atoms with Crippen molar-refractivity contribution in [1.29, 1.82) is 0 Å². The summed E-state index contributed by atoms with van der Waals surface area (Å²) in [5, 5.41) is 2.81. The van der Waals surface area contributed by atoms with E-state index in [0.717, 1.165) is 12.0 Å². The van der Waals surface area contributed by atoms with Gasteiger partial charge in [0.15, 0.2) is 0 Å². The summed E-state index contributed by atoms with van der Waals surface area (Å²) in [6.45, 7) is 2.58. The van der Waals surface area contributed by atoms with Crippen LogP contribution in [0.4, 0.5) is 4.39 Å². The van der Waals surface area contributed by atoms with E-state index in [1.54, 1.807) is 17.0 Å². The molecule has 0 saturated carbocycles. The zero-order chi connectivity index (χ0) is 13.8. The van der Waals surface area contributed by atoms with E-state index in [9.17, 15) is 14.0 Å². The average molecular weight is 264 g/mol. The van der Waals surface area contributed by atoms with Crippen molar-refractivity contribution in [1.82, 2.24) is 10.2 Å². The van der Waals surface area contributed by atoms with Crippen molar-refractivity contribution in [2.24, 2.45) is 0 Å². The Morgan fingerprint density at radius 1 is 1.42 bits per heavy atom. The van der Waals surface area contributed by atoms with Gasteiger partial charge in [0, 0.05) is 13.0 Å². The molecule has 0 spiro atoms. The summed E-state index contributed by atoms with van der Waals surface area (Å²) in [6.07, 6.45) is 1.35. The van der Waals surface area contributed by atoms with E-state index in [1.807, 2.05) is 6.92 Å². The fourth-order valence-electron chi connectivity index (χ4n) is 2.17. The molecule has 1 heterocycles. The third-order valence-corrected chi connectivity index (χ3v) is 3.25. The molecule has 0 radical (unpaired) electrons. The highest BCUT2D eigenvalue weighted by atomic mass is 19.1. The first-order valence-electron chi connectivity index (χ1n) is 6.39. The highest BCUT2D eigenvalue weighted by Crippen LogP contribution is 2.13. The Hall–Kier alpha value is -1.91. The van der Waals surface area contributed by atoms with Crippen molar-refractivity contribution in [3.63, 3.8) is 0 Å². The zero-order valence-electron chi connectivity index (χ0n) is 10.9. The number of carbonyl (C=O) groups excluding carboxylic acids is 2. The van der Waals surface area contributed by atoms with Gasteiger partial charge in [-0.3, -0.25) is 9.59 Å². The molecule has 2 rings (SSSR count). The van der Waals surface area contributed by atoms with E-state index in [4.69, 9.17) is 0 Å². The number of nitrogens with zero attached hydrogens (tertiary/aromatic N) is 1. The summed E-state index contributed by atoms with van der Waals surface area (Å²) in [6, 6.07) is 5.80. The van der Waals surface area contributed by atoms with Crippen molar-refractivity contribution in [3.8, 4) is 0 Å². The number of hydrogen-bond acceptors (Lipinski definition) is 2. The summed E-state index contributed by atoms with van der Waals surface area (Å²) < 4.78 is 12.8. The first kappa shape index (κ1) is 13.5. The van der Waals surface area contributed by atoms with Gasteiger partial charge in [-0.15, -0.1) is 0 Å². The van der Waals surface area contributed by atoms with Crippen molar-refractivity contribution < 1.29 is 14.0 Å². The Morgan fingerprint density at radius 3 is 2.68 bits per heavy atom. The highest BCUT2D eigenvalue weighted by Gasteiger charge is 2.22. The van der Waals surface area contributed by atoms with Crippen molar-refractivity contribution in [2.75, 3.05) is 13.1 Å². The van der Waals surface area contributed by atoms with Crippen molar-refractivity contribution in [3.05, 3.63) is 35.6 Å². The van der Waals surface area contributed by atoms with Crippen LogP contribution in [0.2, 0.25) is 0 Å². The summed E-state index contributed by atoms with van der Waals surface area (Å²) in [4.78, 5) is 24.8. The van der Waals surface area contributed by atoms with E-state index >= 15 is 0 Å². The standard InChI is InChI=1S/C14H17FN2O2/c1-10(11-4-6-12(15)7-5-11)16-13(18)9-17-8-2-3-14(17)19/h4-7,10H,2-3,8-9H2,1H3,(H,16,18)/t10-/m0/s1. The lowest BCUT2D eigenvalue weighted by Crippen LogP contribution is -2.38. The molecule has 0 aliphatic carbocycles. The number of amides is 2. The van der Waals surface area contributed by atoms with Crippen LogP contribution in [0.3, 0.4) is 0 Å². The molecule has 5 heteroatoms. The van der Waals surface area contributed by atoms with E-state index < -0.39 is 0 Å². The Balaban J connectivity index is 1.87. The molecule has 1 aromatic rings. The maximum atomic E-state index is 12.8. The summed E-state index contributed by atoms with van der Waals surface area (Å²) in [7, 11) is 0. The Bertz CT molecular complexity index is 473. The molecule has 1 aromatic carbocycles. The van der Waals surface area contributed by atoms with Crippen LogP contribution < -0.4 is 5.32 Å². The topological polar surface area (TPSA) is 49.4 Å². The molecule has 1 N–H and O–H groups in total. The van der Waals surface area contributed by atoms with E-state index in [2.05, 4.69) is 5.32 Å². The number of rotatable bonds is 4. The van der Waals surface area contributed by atoms with Gasteiger partial charge in [-0.05, 0) is 31.0 Å². The predicted molar refractivity (Wildman–Crippen MR) is 68.8 cm³/mol. The molecule has 1 aliphatic heterocycles. The van der Waals surface area contributed by atoms with Gasteiger partial charge in [0.05, 0.1) is 12.6 Å². The van der Waals surface area contributed by atoms with Crippen LogP contribution in [0.1, 0.15) is 31.4 Å². The molecule has 2 amide bonds. The van der Waals surface area contributed by atoms with Crippen LogP contribution in [0, 0.1) is 5.82 Å². The molecule has 1 fully saturated rings. The first-order chi connectivity index (χ1) is 9.06. The summed E-state index contributed by atoms with van der Waals surface area (Å²) in [5.41, 5.74) is 0.836. The maximum Gasteiger partial charge on any atom is 0.240 e. The van der Waals surface area contributed by atoms with Crippen LogP contribution in [0.5, 0.6) is 0 Å². The molecule has 0 unspecified atom stereocenters. The van der Waals surface area contributed by atoms with Crippen molar-refractivity contribution in [2.45, 2.75) is 25.8 Å².